The first kappa shape index (κ1) is 16.3. The van der Waals surface area contributed by atoms with Crippen molar-refractivity contribution in [3.63, 3.8) is 0 Å². The Morgan fingerprint density at radius 1 is 1.35 bits per heavy atom. The number of halogens is 3. The van der Waals surface area contributed by atoms with Crippen molar-refractivity contribution in [2.45, 2.75) is 19.7 Å². The zero-order valence-electron chi connectivity index (χ0n) is 10.9. The third-order valence-electron chi connectivity index (χ3n) is 2.58. The van der Waals surface area contributed by atoms with Crippen LogP contribution in [0.2, 0.25) is 0 Å². The van der Waals surface area contributed by atoms with Gasteiger partial charge in [0.15, 0.2) is 0 Å². The Bertz CT molecular complexity index is 431. The number of ether oxygens (including phenoxy) is 1. The summed E-state index contributed by atoms with van der Waals surface area (Å²) in [5.41, 5.74) is 0.246. The van der Waals surface area contributed by atoms with E-state index in [4.69, 9.17) is 5.11 Å². The molecule has 0 aromatic heterocycles. The highest BCUT2D eigenvalue weighted by molar-refractivity contribution is 5.94. The van der Waals surface area contributed by atoms with Gasteiger partial charge in [-0.2, -0.15) is 0 Å². The second-order valence-corrected chi connectivity index (χ2v) is 4.40. The molecule has 1 atom stereocenters. The molecule has 0 aliphatic rings. The van der Waals surface area contributed by atoms with Crippen molar-refractivity contribution in [1.29, 1.82) is 0 Å². The predicted octanol–water partition coefficient (Wildman–Crippen LogP) is 2.33. The van der Waals surface area contributed by atoms with E-state index in [9.17, 15) is 18.0 Å². The molecule has 0 saturated carbocycles. The van der Waals surface area contributed by atoms with E-state index < -0.39 is 6.36 Å². The fraction of sp³-hybridized carbons (Fsp3) is 0.462. The van der Waals surface area contributed by atoms with E-state index in [-0.39, 0.29) is 29.7 Å². The van der Waals surface area contributed by atoms with Gasteiger partial charge in [0.1, 0.15) is 5.75 Å². The Kier molecular flexibility index (Phi) is 5.82. The number of carbonyl (C=O) groups excluding carboxylic acids is 1. The summed E-state index contributed by atoms with van der Waals surface area (Å²) in [4.78, 5) is 11.7. The molecule has 0 fully saturated rings. The fourth-order valence-corrected chi connectivity index (χ4v) is 1.50. The molecule has 2 N–H and O–H groups in total. The van der Waals surface area contributed by atoms with Gasteiger partial charge in [-0.25, -0.2) is 0 Å². The highest BCUT2D eigenvalue weighted by atomic mass is 19.4. The predicted molar refractivity (Wildman–Crippen MR) is 66.3 cm³/mol. The largest absolute Gasteiger partial charge is 0.573 e. The Labute approximate surface area is 114 Å². The normalized spacial score (nSPS) is 12.8. The molecule has 0 aliphatic heterocycles. The summed E-state index contributed by atoms with van der Waals surface area (Å²) < 4.78 is 39.6. The Balaban J connectivity index is 2.53. The maximum Gasteiger partial charge on any atom is 0.573 e. The summed E-state index contributed by atoms with van der Waals surface area (Å²) in [6, 6.07) is 4.68. The minimum Gasteiger partial charge on any atom is -0.406 e. The molecular formula is C13H16F3NO3. The van der Waals surface area contributed by atoms with Gasteiger partial charge in [0.05, 0.1) is 0 Å². The van der Waals surface area contributed by atoms with Gasteiger partial charge >= 0.3 is 6.36 Å². The van der Waals surface area contributed by atoms with Crippen LogP contribution >= 0.6 is 0 Å². The summed E-state index contributed by atoms with van der Waals surface area (Å²) >= 11 is 0. The van der Waals surface area contributed by atoms with Crippen molar-refractivity contribution >= 4 is 5.91 Å². The molecule has 0 radical (unpaired) electrons. The maximum atomic E-state index is 12.0. The second kappa shape index (κ2) is 7.14. The standard InChI is InChI=1S/C13H16F3NO3/c1-9(6-7-18)8-17-12(19)10-2-4-11(5-3-10)20-13(14,15)16/h2-5,9,18H,6-8H2,1H3,(H,17,19). The summed E-state index contributed by atoms with van der Waals surface area (Å²) in [5.74, 6) is -0.632. The molecule has 1 aromatic rings. The van der Waals surface area contributed by atoms with Crippen LogP contribution in [0, 0.1) is 5.92 Å². The number of carbonyl (C=O) groups is 1. The lowest BCUT2D eigenvalue weighted by atomic mass is 10.1. The number of rotatable bonds is 6. The average Bonchev–Trinajstić information content (AvgIpc) is 2.35. The Hall–Kier alpha value is -1.76. The molecule has 7 heteroatoms. The lowest BCUT2D eigenvalue weighted by molar-refractivity contribution is -0.274. The fourth-order valence-electron chi connectivity index (χ4n) is 1.50. The van der Waals surface area contributed by atoms with Crippen molar-refractivity contribution in [1.82, 2.24) is 5.32 Å². The molecule has 0 spiro atoms. The lowest BCUT2D eigenvalue weighted by Crippen LogP contribution is -2.28. The Morgan fingerprint density at radius 3 is 2.45 bits per heavy atom. The van der Waals surface area contributed by atoms with Gasteiger partial charge in [0.2, 0.25) is 0 Å². The first-order valence-corrected chi connectivity index (χ1v) is 6.06. The van der Waals surface area contributed by atoms with Crippen LogP contribution in [0.1, 0.15) is 23.7 Å². The lowest BCUT2D eigenvalue weighted by Gasteiger charge is -2.12. The summed E-state index contributed by atoms with van der Waals surface area (Å²) in [7, 11) is 0. The van der Waals surface area contributed by atoms with Crippen molar-refractivity contribution in [2.24, 2.45) is 5.92 Å². The second-order valence-electron chi connectivity index (χ2n) is 4.40. The Morgan fingerprint density at radius 2 is 1.95 bits per heavy atom. The number of benzene rings is 1. The molecule has 0 aliphatic carbocycles. The van der Waals surface area contributed by atoms with Gasteiger partial charge in [-0.3, -0.25) is 4.79 Å². The molecule has 1 aromatic carbocycles. The highest BCUT2D eigenvalue weighted by Crippen LogP contribution is 2.22. The molecule has 1 amide bonds. The highest BCUT2D eigenvalue weighted by Gasteiger charge is 2.31. The minimum absolute atomic E-state index is 0.0422. The van der Waals surface area contributed by atoms with Gasteiger partial charge in [-0.15, -0.1) is 13.2 Å². The van der Waals surface area contributed by atoms with E-state index in [0.29, 0.717) is 13.0 Å². The third kappa shape index (κ3) is 5.92. The van der Waals surface area contributed by atoms with Crippen molar-refractivity contribution in [3.05, 3.63) is 29.8 Å². The van der Waals surface area contributed by atoms with Crippen molar-refractivity contribution in [2.75, 3.05) is 13.2 Å². The number of nitrogens with one attached hydrogen (secondary N) is 1. The number of hydrogen-bond donors (Lipinski definition) is 2. The number of hydrogen-bond acceptors (Lipinski definition) is 3. The summed E-state index contributed by atoms with van der Waals surface area (Å²) in [5, 5.41) is 11.4. The zero-order chi connectivity index (χ0) is 15.2. The average molecular weight is 291 g/mol. The molecule has 1 unspecified atom stereocenters. The van der Waals surface area contributed by atoms with E-state index in [1.165, 1.54) is 12.1 Å². The van der Waals surface area contributed by atoms with Crippen LogP contribution in [-0.4, -0.2) is 30.5 Å². The molecular weight excluding hydrogens is 275 g/mol. The SMILES string of the molecule is CC(CCO)CNC(=O)c1ccc(OC(F)(F)F)cc1. The molecule has 0 saturated heterocycles. The number of aliphatic hydroxyl groups is 1. The molecule has 1 rings (SSSR count). The molecule has 0 heterocycles. The van der Waals surface area contributed by atoms with Crippen LogP contribution in [0.25, 0.3) is 0 Å². The summed E-state index contributed by atoms with van der Waals surface area (Å²) in [6.45, 7) is 2.30. The molecule has 20 heavy (non-hydrogen) atoms. The first-order valence-electron chi connectivity index (χ1n) is 6.06. The van der Waals surface area contributed by atoms with Crippen LogP contribution in [0.3, 0.4) is 0 Å². The van der Waals surface area contributed by atoms with Crippen LogP contribution in [0.5, 0.6) is 5.75 Å². The van der Waals surface area contributed by atoms with E-state index >= 15 is 0 Å². The quantitative estimate of drug-likeness (QED) is 0.845. The van der Waals surface area contributed by atoms with Gasteiger partial charge in [0, 0.05) is 18.7 Å². The van der Waals surface area contributed by atoms with Crippen LogP contribution in [0.4, 0.5) is 13.2 Å². The monoisotopic (exact) mass is 291 g/mol. The van der Waals surface area contributed by atoms with E-state index in [2.05, 4.69) is 10.1 Å². The van der Waals surface area contributed by atoms with Crippen LogP contribution < -0.4 is 10.1 Å². The third-order valence-corrected chi connectivity index (χ3v) is 2.58. The topological polar surface area (TPSA) is 58.6 Å². The van der Waals surface area contributed by atoms with Gasteiger partial charge in [0.25, 0.3) is 5.91 Å². The number of aliphatic hydroxyl groups excluding tert-OH is 1. The van der Waals surface area contributed by atoms with E-state index in [1.807, 2.05) is 6.92 Å². The van der Waals surface area contributed by atoms with E-state index in [1.54, 1.807) is 0 Å². The van der Waals surface area contributed by atoms with Crippen molar-refractivity contribution in [3.8, 4) is 5.75 Å². The van der Waals surface area contributed by atoms with Crippen molar-refractivity contribution < 1.29 is 27.8 Å². The zero-order valence-corrected chi connectivity index (χ0v) is 10.9. The molecule has 112 valence electrons. The smallest absolute Gasteiger partial charge is 0.406 e. The van der Waals surface area contributed by atoms with Gasteiger partial charge in [-0.1, -0.05) is 6.92 Å². The first-order chi connectivity index (χ1) is 9.31. The van der Waals surface area contributed by atoms with E-state index in [0.717, 1.165) is 12.1 Å². The molecule has 0 bridgehead atoms. The maximum absolute atomic E-state index is 12.0. The van der Waals surface area contributed by atoms with Crippen LogP contribution in [0.15, 0.2) is 24.3 Å². The number of amides is 1. The number of alkyl halides is 3. The minimum atomic E-state index is -4.75. The molecule has 4 nitrogen and oxygen atoms in total. The summed E-state index contributed by atoms with van der Waals surface area (Å²) in [6.07, 6.45) is -4.18. The van der Waals surface area contributed by atoms with Gasteiger partial charge in [-0.05, 0) is 36.6 Å². The van der Waals surface area contributed by atoms with Crippen LogP contribution in [-0.2, 0) is 0 Å². The van der Waals surface area contributed by atoms with Gasteiger partial charge < -0.3 is 15.2 Å².